The van der Waals surface area contributed by atoms with Crippen molar-refractivity contribution in [3.8, 4) is 11.1 Å². The molecular weight excluding hydrogens is 459 g/mol. The molecule has 4 rings (SSSR count). The lowest BCUT2D eigenvalue weighted by Gasteiger charge is -2.24. The first-order chi connectivity index (χ1) is 16.7. The van der Waals surface area contributed by atoms with E-state index in [0.717, 1.165) is 17.2 Å². The van der Waals surface area contributed by atoms with Crippen LogP contribution in [0.25, 0.3) is 11.1 Å². The van der Waals surface area contributed by atoms with Crippen LogP contribution in [-0.4, -0.2) is 24.8 Å². The van der Waals surface area contributed by atoms with E-state index in [1.807, 2.05) is 30.3 Å². The van der Waals surface area contributed by atoms with Crippen molar-refractivity contribution < 1.29 is 27.6 Å². The number of hydrogen-bond acceptors (Lipinski definition) is 3. The highest BCUT2D eigenvalue weighted by Gasteiger charge is 2.35. The molecule has 2 atom stereocenters. The van der Waals surface area contributed by atoms with Crippen molar-refractivity contribution in [2.24, 2.45) is 5.92 Å². The van der Waals surface area contributed by atoms with Crippen molar-refractivity contribution in [1.82, 2.24) is 10.6 Å². The molecule has 3 aromatic carbocycles. The third-order valence-corrected chi connectivity index (χ3v) is 6.00. The van der Waals surface area contributed by atoms with Gasteiger partial charge >= 0.3 is 0 Å². The standard InChI is InChI=1S/C26H22F3N3O3/c1-14(24(33)30-13-15-11-16(27)12-20(28)22(15)29)25(34)31-23-19-9-4-3-7-17(19)18-8-5-6-10-21(18)32(2)26(23)35/h3-12,14,23H,13H2,1-2H3,(H,30,33)(H,31,34). The maximum absolute atomic E-state index is 13.9. The lowest BCUT2D eigenvalue weighted by Crippen LogP contribution is -2.45. The van der Waals surface area contributed by atoms with Gasteiger partial charge in [0.25, 0.3) is 5.91 Å². The largest absolute Gasteiger partial charge is 0.351 e. The monoisotopic (exact) mass is 481 g/mol. The van der Waals surface area contributed by atoms with Gasteiger partial charge in [0, 0.05) is 30.8 Å². The number of benzene rings is 3. The fourth-order valence-electron chi connectivity index (χ4n) is 4.03. The van der Waals surface area contributed by atoms with Crippen LogP contribution >= 0.6 is 0 Å². The molecule has 0 saturated carbocycles. The Morgan fingerprint density at radius 3 is 2.37 bits per heavy atom. The van der Waals surface area contributed by atoms with E-state index in [0.29, 0.717) is 17.3 Å². The molecule has 0 aromatic heterocycles. The predicted molar refractivity (Wildman–Crippen MR) is 123 cm³/mol. The van der Waals surface area contributed by atoms with Crippen molar-refractivity contribution >= 4 is 23.4 Å². The van der Waals surface area contributed by atoms with Gasteiger partial charge in [-0.15, -0.1) is 0 Å². The summed E-state index contributed by atoms with van der Waals surface area (Å²) in [4.78, 5) is 40.3. The van der Waals surface area contributed by atoms with Crippen LogP contribution in [0.5, 0.6) is 0 Å². The van der Waals surface area contributed by atoms with Gasteiger partial charge < -0.3 is 15.5 Å². The zero-order chi connectivity index (χ0) is 25.3. The molecule has 0 fully saturated rings. The van der Waals surface area contributed by atoms with Gasteiger partial charge in [-0.3, -0.25) is 14.4 Å². The van der Waals surface area contributed by atoms with Gasteiger partial charge in [0.05, 0.1) is 5.69 Å². The summed E-state index contributed by atoms with van der Waals surface area (Å²) < 4.78 is 40.6. The molecular formula is C26H22F3N3O3. The topological polar surface area (TPSA) is 78.5 Å². The number of hydrogen-bond donors (Lipinski definition) is 2. The molecule has 0 aliphatic carbocycles. The minimum absolute atomic E-state index is 0.388. The van der Waals surface area contributed by atoms with Crippen LogP contribution in [0, 0.1) is 23.4 Å². The molecule has 3 amide bonds. The van der Waals surface area contributed by atoms with Crippen LogP contribution in [0.3, 0.4) is 0 Å². The summed E-state index contributed by atoms with van der Waals surface area (Å²) in [6.45, 7) is 0.805. The number of likely N-dealkylation sites (N-methyl/N-ethyl adjacent to an activating group) is 1. The Bertz CT molecular complexity index is 1330. The molecule has 2 unspecified atom stereocenters. The number of fused-ring (bicyclic) bond motifs is 3. The second kappa shape index (κ2) is 9.61. The van der Waals surface area contributed by atoms with Gasteiger partial charge in [-0.25, -0.2) is 13.2 Å². The third-order valence-electron chi connectivity index (χ3n) is 6.00. The van der Waals surface area contributed by atoms with Crippen molar-refractivity contribution in [2.75, 3.05) is 11.9 Å². The van der Waals surface area contributed by atoms with Crippen LogP contribution in [0.15, 0.2) is 60.7 Å². The minimum atomic E-state index is -1.38. The number of para-hydroxylation sites is 1. The Balaban J connectivity index is 1.53. The minimum Gasteiger partial charge on any atom is -0.351 e. The average Bonchev–Trinajstić information content (AvgIpc) is 2.94. The number of anilines is 1. The van der Waals surface area contributed by atoms with E-state index in [4.69, 9.17) is 0 Å². The number of amides is 3. The van der Waals surface area contributed by atoms with Crippen molar-refractivity contribution in [1.29, 1.82) is 0 Å². The zero-order valence-electron chi connectivity index (χ0n) is 18.9. The van der Waals surface area contributed by atoms with Crippen molar-refractivity contribution in [2.45, 2.75) is 19.5 Å². The summed E-state index contributed by atoms with van der Waals surface area (Å²) in [5.41, 5.74) is 2.46. The number of carbonyl (C=O) groups is 3. The molecule has 35 heavy (non-hydrogen) atoms. The van der Waals surface area contributed by atoms with Crippen LogP contribution in [-0.2, 0) is 20.9 Å². The Kier molecular flexibility index (Phi) is 6.59. The quantitative estimate of drug-likeness (QED) is 0.429. The molecule has 180 valence electrons. The predicted octanol–water partition coefficient (Wildman–Crippen LogP) is 3.86. The fraction of sp³-hybridized carbons (Fsp3) is 0.192. The van der Waals surface area contributed by atoms with Crippen LogP contribution in [0.4, 0.5) is 18.9 Å². The van der Waals surface area contributed by atoms with E-state index < -0.39 is 53.3 Å². The molecule has 0 spiro atoms. The molecule has 1 aliphatic rings. The second-order valence-electron chi connectivity index (χ2n) is 8.24. The highest BCUT2D eigenvalue weighted by molar-refractivity contribution is 6.07. The van der Waals surface area contributed by atoms with Crippen molar-refractivity contribution in [3.05, 3.63) is 89.2 Å². The van der Waals surface area contributed by atoms with Crippen LogP contribution < -0.4 is 15.5 Å². The number of nitrogens with zero attached hydrogens (tertiary/aromatic N) is 1. The van der Waals surface area contributed by atoms with Gasteiger partial charge in [-0.2, -0.15) is 0 Å². The van der Waals surface area contributed by atoms with Crippen molar-refractivity contribution in [3.63, 3.8) is 0 Å². The van der Waals surface area contributed by atoms with E-state index in [1.54, 1.807) is 25.2 Å². The van der Waals surface area contributed by atoms with Crippen LogP contribution in [0.2, 0.25) is 0 Å². The Morgan fingerprint density at radius 1 is 0.971 bits per heavy atom. The Morgan fingerprint density at radius 2 is 1.63 bits per heavy atom. The second-order valence-corrected chi connectivity index (χ2v) is 8.24. The lowest BCUT2D eigenvalue weighted by atomic mass is 9.95. The summed E-state index contributed by atoms with van der Waals surface area (Å²) in [5, 5.41) is 4.96. The van der Waals surface area contributed by atoms with E-state index >= 15 is 0 Å². The molecule has 1 aliphatic heterocycles. The zero-order valence-corrected chi connectivity index (χ0v) is 18.9. The summed E-state index contributed by atoms with van der Waals surface area (Å²) in [6, 6.07) is 14.6. The number of rotatable bonds is 5. The first kappa shape index (κ1) is 24.0. The molecule has 0 radical (unpaired) electrons. The van der Waals surface area contributed by atoms with E-state index in [2.05, 4.69) is 10.6 Å². The van der Waals surface area contributed by atoms with Gasteiger partial charge in [0.15, 0.2) is 11.6 Å². The summed E-state index contributed by atoms with van der Waals surface area (Å²) >= 11 is 0. The molecule has 1 heterocycles. The van der Waals surface area contributed by atoms with Gasteiger partial charge in [-0.05, 0) is 30.2 Å². The van der Waals surface area contributed by atoms with Gasteiger partial charge in [0.2, 0.25) is 11.8 Å². The molecule has 9 heteroatoms. The normalized spacial score (nSPS) is 15.5. The number of nitrogens with one attached hydrogen (secondary N) is 2. The highest BCUT2D eigenvalue weighted by atomic mass is 19.2. The maximum Gasteiger partial charge on any atom is 0.253 e. The summed E-state index contributed by atoms with van der Waals surface area (Å²) in [6.07, 6.45) is 0. The molecule has 0 saturated heterocycles. The van der Waals surface area contributed by atoms with Gasteiger partial charge in [0.1, 0.15) is 17.8 Å². The average molecular weight is 481 g/mol. The summed E-state index contributed by atoms with van der Waals surface area (Å²) in [7, 11) is 1.61. The lowest BCUT2D eigenvalue weighted by molar-refractivity contribution is -0.136. The van der Waals surface area contributed by atoms with E-state index in [-0.39, 0.29) is 5.91 Å². The number of halogens is 3. The third kappa shape index (κ3) is 4.62. The molecule has 0 bridgehead atoms. The number of carbonyl (C=O) groups excluding carboxylic acids is 3. The molecule has 2 N–H and O–H groups in total. The highest BCUT2D eigenvalue weighted by Crippen LogP contribution is 2.39. The maximum atomic E-state index is 13.9. The Hall–Kier alpha value is -4.14. The van der Waals surface area contributed by atoms with E-state index in [9.17, 15) is 27.6 Å². The smallest absolute Gasteiger partial charge is 0.253 e. The molecule has 6 nitrogen and oxygen atoms in total. The summed E-state index contributed by atoms with van der Waals surface area (Å²) in [5.74, 6) is -6.84. The van der Waals surface area contributed by atoms with E-state index in [1.165, 1.54) is 11.8 Å². The fourth-order valence-corrected chi connectivity index (χ4v) is 4.03. The van der Waals surface area contributed by atoms with Gasteiger partial charge in [-0.1, -0.05) is 42.5 Å². The molecule has 3 aromatic rings. The first-order valence-corrected chi connectivity index (χ1v) is 10.9. The SMILES string of the molecule is CC(C(=O)NCc1cc(F)cc(F)c1F)C(=O)NC1C(=O)N(C)c2ccccc2-c2ccccc21. The Labute approximate surface area is 199 Å². The van der Waals surface area contributed by atoms with Crippen LogP contribution in [0.1, 0.15) is 24.1 Å². The first-order valence-electron chi connectivity index (χ1n) is 10.9.